The molecule has 4 N–H and O–H groups in total. The Labute approximate surface area is 196 Å². The summed E-state index contributed by atoms with van der Waals surface area (Å²) in [7, 11) is -8.59. The van der Waals surface area contributed by atoms with Crippen LogP contribution in [0.1, 0.15) is 35.5 Å². The third-order valence-electron chi connectivity index (χ3n) is 4.03. The van der Waals surface area contributed by atoms with Crippen molar-refractivity contribution < 1.29 is 40.3 Å². The fourth-order valence-electron chi connectivity index (χ4n) is 2.69. The van der Waals surface area contributed by atoms with Gasteiger partial charge >= 0.3 is 13.3 Å². The summed E-state index contributed by atoms with van der Waals surface area (Å²) in [5.74, 6) is -1.15. The molecule has 2 rings (SSSR count). The van der Waals surface area contributed by atoms with E-state index in [1.807, 2.05) is 0 Å². The number of amides is 1. The minimum absolute atomic E-state index is 0.0230. The monoisotopic (exact) mass is 578 g/mol. The molecule has 0 saturated heterocycles. The predicted octanol–water partition coefficient (Wildman–Crippen LogP) is 4.14. The van der Waals surface area contributed by atoms with Gasteiger partial charge in [-0.3, -0.25) is 9.36 Å². The van der Waals surface area contributed by atoms with Crippen LogP contribution >= 0.6 is 34.9 Å². The number of thiophene rings is 1. The summed E-state index contributed by atoms with van der Waals surface area (Å²) in [4.78, 5) is 11.1. The zero-order valence-electron chi connectivity index (χ0n) is 17.1. The molecule has 0 bridgehead atoms. The number of sulfonamides is 1. The zero-order chi connectivity index (χ0) is 24.3. The number of nitrogens with two attached hydrogens (primary N) is 2. The topological polar surface area (TPSA) is 148 Å². The lowest BCUT2D eigenvalue weighted by molar-refractivity contribution is 0.0387. The molecule has 1 heterocycles. The number of hydrogen-bond donors (Lipinski definition) is 2. The molecule has 0 aliphatic rings. The molecular weight excluding hydrogens is 557 g/mol. The van der Waals surface area contributed by atoms with Crippen molar-refractivity contribution >= 4 is 60.9 Å². The minimum atomic E-state index is -4.88. The number of rotatable bonds is 12. The first-order valence-electron chi connectivity index (χ1n) is 9.24. The van der Waals surface area contributed by atoms with Crippen molar-refractivity contribution in [2.75, 3.05) is 25.6 Å². The Morgan fingerprint density at radius 1 is 1.25 bits per heavy atom. The molecule has 2 aromatic rings. The van der Waals surface area contributed by atoms with Gasteiger partial charge in [-0.25, -0.2) is 13.6 Å². The van der Waals surface area contributed by atoms with E-state index < -0.39 is 34.1 Å². The molecule has 0 atom stereocenters. The van der Waals surface area contributed by atoms with Gasteiger partial charge in [0, 0.05) is 15.4 Å². The number of primary amides is 1. The van der Waals surface area contributed by atoms with Crippen LogP contribution in [-0.4, -0.2) is 39.9 Å². The van der Waals surface area contributed by atoms with Gasteiger partial charge in [0.15, 0.2) is 0 Å². The van der Waals surface area contributed by atoms with E-state index in [0.717, 1.165) is 0 Å². The summed E-state index contributed by atoms with van der Waals surface area (Å²) < 4.78 is 81.0. The average molecular weight is 579 g/mol. The van der Waals surface area contributed by atoms with Crippen LogP contribution in [-0.2, 0) is 29.3 Å². The average Bonchev–Trinajstić information content (AvgIpc) is 3.02. The number of carbonyl (C=O) groups is 1. The van der Waals surface area contributed by atoms with Gasteiger partial charge in [-0.15, -0.1) is 11.3 Å². The summed E-state index contributed by atoms with van der Waals surface area (Å²) in [6.07, 6.45) is 0.0283. The largest absolute Gasteiger partial charge is 0.492 e. The summed E-state index contributed by atoms with van der Waals surface area (Å²) in [5.41, 5.74) is 1.30. The molecule has 0 spiro atoms. The minimum Gasteiger partial charge on any atom is -0.492 e. The summed E-state index contributed by atoms with van der Waals surface area (Å²) in [6.45, 7) is 2.17. The fourth-order valence-corrected chi connectivity index (χ4v) is 7.23. The molecule has 0 aliphatic heterocycles. The molecule has 9 nitrogen and oxygen atoms in total. The highest BCUT2D eigenvalue weighted by atomic mass is 79.9. The summed E-state index contributed by atoms with van der Waals surface area (Å²) in [5, 5.41) is 5.12. The van der Waals surface area contributed by atoms with Gasteiger partial charge in [-0.05, 0) is 48.3 Å². The Bertz CT molecular complexity index is 1150. The number of benzene rings is 1. The van der Waals surface area contributed by atoms with Crippen LogP contribution in [0.3, 0.4) is 0 Å². The number of carbonyl (C=O) groups excluding carboxylic acids is 1. The molecular formula is C17H22BrF2N2O7PS2. The quantitative estimate of drug-likeness (QED) is 0.284. The Morgan fingerprint density at radius 2 is 1.84 bits per heavy atom. The SMILES string of the molecule is CCOP(=O)(OCC)C(F)(F)c1sc2c(OCCCS(N)(=O)=O)cc(C(N)=O)cc2c1Br. The molecule has 180 valence electrons. The zero-order valence-corrected chi connectivity index (χ0v) is 21.2. The van der Waals surface area contributed by atoms with E-state index in [1.54, 1.807) is 0 Å². The van der Waals surface area contributed by atoms with Gasteiger partial charge in [-0.2, -0.15) is 8.78 Å². The van der Waals surface area contributed by atoms with Crippen molar-refractivity contribution in [1.29, 1.82) is 0 Å². The second-order valence-electron chi connectivity index (χ2n) is 6.40. The smallest absolute Gasteiger partial charge is 0.405 e. The van der Waals surface area contributed by atoms with E-state index in [2.05, 4.69) is 15.9 Å². The molecule has 1 amide bonds. The number of primary sulfonamides is 1. The maximum Gasteiger partial charge on any atom is 0.405 e. The fraction of sp³-hybridized carbons (Fsp3) is 0.471. The Balaban J connectivity index is 2.59. The standard InChI is InChI=1S/C17H22BrF2N2O7PS2/c1-3-28-30(24,29-4-2)17(19,20)15-13(18)11-8-10(16(21)23)9-12(14(11)31-15)27-6-5-7-32(22,25)26/h8-9H,3-7H2,1-2H3,(H2,21,23)(H2,22,25,26). The Morgan fingerprint density at radius 3 is 2.34 bits per heavy atom. The van der Waals surface area contributed by atoms with E-state index in [1.165, 1.54) is 26.0 Å². The molecule has 0 fully saturated rings. The maximum absolute atomic E-state index is 15.4. The summed E-state index contributed by atoms with van der Waals surface area (Å²) in [6, 6.07) is 2.55. The number of ether oxygens (including phenoxy) is 1. The molecule has 0 saturated carbocycles. The Hall–Kier alpha value is -1.15. The van der Waals surface area contributed by atoms with Crippen molar-refractivity contribution in [3.8, 4) is 5.75 Å². The van der Waals surface area contributed by atoms with Crippen LogP contribution in [0.15, 0.2) is 16.6 Å². The first-order valence-corrected chi connectivity index (χ1v) is 14.1. The molecule has 32 heavy (non-hydrogen) atoms. The van der Waals surface area contributed by atoms with Crippen LogP contribution < -0.4 is 15.6 Å². The van der Waals surface area contributed by atoms with Gasteiger partial charge in [-0.1, -0.05) is 0 Å². The van der Waals surface area contributed by atoms with Gasteiger partial charge in [0.1, 0.15) is 10.6 Å². The second-order valence-corrected chi connectivity index (χ2v) is 12.0. The number of alkyl halides is 2. The van der Waals surface area contributed by atoms with Crippen LogP contribution in [0.4, 0.5) is 8.78 Å². The van der Waals surface area contributed by atoms with E-state index in [9.17, 15) is 17.8 Å². The van der Waals surface area contributed by atoms with Gasteiger partial charge in [0.25, 0.3) is 0 Å². The van der Waals surface area contributed by atoms with E-state index in [0.29, 0.717) is 11.3 Å². The Kier molecular flexibility index (Phi) is 8.82. The third kappa shape index (κ3) is 5.85. The highest BCUT2D eigenvalue weighted by molar-refractivity contribution is 9.10. The van der Waals surface area contributed by atoms with E-state index in [4.69, 9.17) is 24.7 Å². The third-order valence-corrected chi connectivity index (χ3v) is 9.52. The van der Waals surface area contributed by atoms with Crippen molar-refractivity contribution in [3.05, 3.63) is 27.0 Å². The molecule has 0 aliphatic carbocycles. The molecule has 15 heteroatoms. The number of halogens is 3. The highest BCUT2D eigenvalue weighted by Gasteiger charge is 2.57. The second kappa shape index (κ2) is 10.4. The van der Waals surface area contributed by atoms with Crippen LogP contribution in [0.5, 0.6) is 5.75 Å². The van der Waals surface area contributed by atoms with Gasteiger partial charge in [0.2, 0.25) is 15.9 Å². The first-order chi connectivity index (χ1) is 14.8. The molecule has 1 aromatic heterocycles. The van der Waals surface area contributed by atoms with Crippen molar-refractivity contribution in [3.63, 3.8) is 0 Å². The molecule has 1 aromatic carbocycles. The summed E-state index contributed by atoms with van der Waals surface area (Å²) >= 11 is 3.67. The maximum atomic E-state index is 15.4. The van der Waals surface area contributed by atoms with Gasteiger partial charge in [0.05, 0.1) is 30.3 Å². The van der Waals surface area contributed by atoms with Crippen LogP contribution in [0.25, 0.3) is 10.1 Å². The highest BCUT2D eigenvalue weighted by Crippen LogP contribution is 2.69. The first kappa shape index (κ1) is 27.1. The van der Waals surface area contributed by atoms with Gasteiger partial charge < -0.3 is 19.5 Å². The van der Waals surface area contributed by atoms with Crippen molar-refractivity contribution in [2.45, 2.75) is 25.9 Å². The lowest BCUT2D eigenvalue weighted by Gasteiger charge is -2.25. The molecule has 0 radical (unpaired) electrons. The van der Waals surface area contributed by atoms with Crippen molar-refractivity contribution in [2.24, 2.45) is 10.9 Å². The van der Waals surface area contributed by atoms with Crippen LogP contribution in [0, 0.1) is 0 Å². The van der Waals surface area contributed by atoms with Crippen molar-refractivity contribution in [1.82, 2.24) is 0 Å². The normalized spacial score (nSPS) is 12.9. The number of hydrogen-bond acceptors (Lipinski definition) is 8. The predicted molar refractivity (Wildman–Crippen MR) is 121 cm³/mol. The number of fused-ring (bicyclic) bond motifs is 1. The molecule has 0 unspecified atom stereocenters. The van der Waals surface area contributed by atoms with Crippen LogP contribution in [0.2, 0.25) is 0 Å². The lowest BCUT2D eigenvalue weighted by Crippen LogP contribution is -2.18. The van der Waals surface area contributed by atoms with E-state index in [-0.39, 0.29) is 57.9 Å². The van der Waals surface area contributed by atoms with E-state index >= 15 is 8.78 Å². The lowest BCUT2D eigenvalue weighted by atomic mass is 10.1.